The minimum atomic E-state index is 1.04. The first-order valence-electron chi connectivity index (χ1n) is 9.70. The Kier molecular flexibility index (Phi) is 17.1. The lowest BCUT2D eigenvalue weighted by molar-refractivity contribution is 0.257. The summed E-state index contributed by atoms with van der Waals surface area (Å²) in [5.41, 5.74) is 0. The predicted molar refractivity (Wildman–Crippen MR) is 98.3 cm³/mol. The Morgan fingerprint density at radius 3 is 1.00 bits per heavy atom. The van der Waals surface area contributed by atoms with Crippen molar-refractivity contribution in [3.63, 3.8) is 0 Å². The van der Waals surface area contributed by atoms with E-state index in [1.807, 2.05) is 10.0 Å². The average Bonchev–Trinajstić information content (AvgIpc) is 2.51. The monoisotopic (exact) mass is 314 g/mol. The Labute approximate surface area is 139 Å². The molecular formula is C18H42N4. The van der Waals surface area contributed by atoms with E-state index in [0.717, 1.165) is 26.2 Å². The first-order chi connectivity index (χ1) is 10.7. The van der Waals surface area contributed by atoms with Crippen molar-refractivity contribution in [2.75, 3.05) is 26.2 Å². The van der Waals surface area contributed by atoms with Gasteiger partial charge in [-0.25, -0.2) is 10.0 Å². The summed E-state index contributed by atoms with van der Waals surface area (Å²) in [6.07, 6.45) is 15.3. The van der Waals surface area contributed by atoms with Crippen LogP contribution in [0.25, 0.3) is 0 Å². The molecule has 22 heavy (non-hydrogen) atoms. The largest absolute Gasteiger partial charge is 0.269 e. The van der Waals surface area contributed by atoms with E-state index < -0.39 is 0 Å². The fraction of sp³-hybridized carbons (Fsp3) is 1.00. The van der Waals surface area contributed by atoms with Gasteiger partial charge in [0, 0.05) is 26.2 Å². The van der Waals surface area contributed by atoms with Crippen LogP contribution in [-0.4, -0.2) is 36.2 Å². The number of hydrogen-bond donors (Lipinski definition) is 2. The van der Waals surface area contributed by atoms with Crippen LogP contribution in [0, 0.1) is 0 Å². The number of nitrogens with two attached hydrogens (primary N) is 2. The third-order valence-electron chi connectivity index (χ3n) is 4.24. The number of nitrogens with zero attached hydrogens (tertiary/aromatic N) is 2. The summed E-state index contributed by atoms with van der Waals surface area (Å²) >= 11 is 0. The van der Waals surface area contributed by atoms with Crippen LogP contribution in [0.1, 0.15) is 90.9 Å². The fourth-order valence-electron chi connectivity index (χ4n) is 2.69. The molecule has 0 amide bonds. The summed E-state index contributed by atoms with van der Waals surface area (Å²) in [6, 6.07) is 0. The molecule has 0 rings (SSSR count). The molecule has 0 bridgehead atoms. The van der Waals surface area contributed by atoms with E-state index in [2.05, 4.69) is 13.8 Å². The number of hydrazine groups is 2. The van der Waals surface area contributed by atoms with Crippen molar-refractivity contribution >= 4 is 0 Å². The first kappa shape index (κ1) is 21.8. The van der Waals surface area contributed by atoms with Crippen LogP contribution in [-0.2, 0) is 0 Å². The topological polar surface area (TPSA) is 58.5 Å². The molecule has 134 valence electrons. The summed E-state index contributed by atoms with van der Waals surface area (Å²) in [6.45, 7) is 8.66. The van der Waals surface area contributed by atoms with E-state index in [0.29, 0.717) is 0 Å². The second-order valence-corrected chi connectivity index (χ2v) is 6.61. The SMILES string of the molecule is CCCCCCN(N)CCCCCCN(N)CCCCCC. The minimum Gasteiger partial charge on any atom is -0.269 e. The highest BCUT2D eigenvalue weighted by molar-refractivity contribution is 4.54. The molecular weight excluding hydrogens is 272 g/mol. The minimum absolute atomic E-state index is 1.04. The zero-order valence-electron chi connectivity index (χ0n) is 15.4. The molecule has 0 atom stereocenters. The third kappa shape index (κ3) is 16.2. The third-order valence-corrected chi connectivity index (χ3v) is 4.24. The highest BCUT2D eigenvalue weighted by Gasteiger charge is 2.01. The summed E-state index contributed by atoms with van der Waals surface area (Å²) in [4.78, 5) is 0. The first-order valence-corrected chi connectivity index (χ1v) is 9.70. The van der Waals surface area contributed by atoms with Gasteiger partial charge in [0.2, 0.25) is 0 Å². The van der Waals surface area contributed by atoms with Crippen molar-refractivity contribution < 1.29 is 0 Å². The average molecular weight is 315 g/mol. The lowest BCUT2D eigenvalue weighted by Crippen LogP contribution is -2.33. The molecule has 0 aliphatic carbocycles. The van der Waals surface area contributed by atoms with Crippen LogP contribution in [0.3, 0.4) is 0 Å². The molecule has 0 saturated heterocycles. The van der Waals surface area contributed by atoms with Gasteiger partial charge < -0.3 is 0 Å². The molecule has 0 aromatic rings. The van der Waals surface area contributed by atoms with Crippen molar-refractivity contribution in [1.29, 1.82) is 0 Å². The molecule has 4 nitrogen and oxygen atoms in total. The molecule has 0 radical (unpaired) electrons. The van der Waals surface area contributed by atoms with E-state index >= 15 is 0 Å². The maximum Gasteiger partial charge on any atom is 0.0128 e. The van der Waals surface area contributed by atoms with Crippen molar-refractivity contribution in [1.82, 2.24) is 10.0 Å². The normalized spacial score (nSPS) is 11.7. The lowest BCUT2D eigenvalue weighted by Gasteiger charge is -2.17. The van der Waals surface area contributed by atoms with Gasteiger partial charge >= 0.3 is 0 Å². The van der Waals surface area contributed by atoms with E-state index in [4.69, 9.17) is 11.7 Å². The maximum absolute atomic E-state index is 6.00. The number of rotatable bonds is 17. The van der Waals surface area contributed by atoms with Gasteiger partial charge in [-0.05, 0) is 25.7 Å². The molecule has 4 N–H and O–H groups in total. The predicted octanol–water partition coefficient (Wildman–Crippen LogP) is 4.06. The van der Waals surface area contributed by atoms with Crippen molar-refractivity contribution in [3.8, 4) is 0 Å². The van der Waals surface area contributed by atoms with Gasteiger partial charge in [0.15, 0.2) is 0 Å². The summed E-state index contributed by atoms with van der Waals surface area (Å²) in [5, 5.41) is 4.00. The molecule has 4 heteroatoms. The Bertz CT molecular complexity index is 189. The number of hydrogen-bond acceptors (Lipinski definition) is 4. The summed E-state index contributed by atoms with van der Waals surface area (Å²) < 4.78 is 0. The molecule has 0 heterocycles. The quantitative estimate of drug-likeness (QED) is 0.241. The standard InChI is InChI=1S/C18H42N4/c1-3-5-7-11-15-21(19)17-13-9-10-14-18-22(20)16-12-8-6-4-2/h3-20H2,1-2H3. The molecule has 0 unspecified atom stereocenters. The summed E-state index contributed by atoms with van der Waals surface area (Å²) in [7, 11) is 0. The maximum atomic E-state index is 6.00. The van der Waals surface area contributed by atoms with Crippen LogP contribution in [0.4, 0.5) is 0 Å². The van der Waals surface area contributed by atoms with E-state index in [-0.39, 0.29) is 0 Å². The molecule has 0 spiro atoms. The zero-order valence-corrected chi connectivity index (χ0v) is 15.4. The van der Waals surface area contributed by atoms with E-state index in [1.54, 1.807) is 0 Å². The number of unbranched alkanes of at least 4 members (excludes halogenated alkanes) is 9. The lowest BCUT2D eigenvalue weighted by atomic mass is 10.1. The molecule has 0 aliphatic rings. The van der Waals surface area contributed by atoms with Gasteiger partial charge in [-0.1, -0.05) is 65.2 Å². The van der Waals surface area contributed by atoms with Crippen molar-refractivity contribution in [2.24, 2.45) is 11.7 Å². The second kappa shape index (κ2) is 17.2. The Balaban J connectivity index is 3.24. The van der Waals surface area contributed by atoms with Gasteiger partial charge in [0.25, 0.3) is 0 Å². The Morgan fingerprint density at radius 1 is 0.455 bits per heavy atom. The van der Waals surface area contributed by atoms with Crippen LogP contribution in [0.2, 0.25) is 0 Å². The summed E-state index contributed by atoms with van der Waals surface area (Å²) in [5.74, 6) is 12.0. The van der Waals surface area contributed by atoms with Crippen LogP contribution < -0.4 is 11.7 Å². The van der Waals surface area contributed by atoms with Gasteiger partial charge in [0.05, 0.1) is 0 Å². The molecule has 0 aliphatic heterocycles. The molecule has 0 aromatic heterocycles. The van der Waals surface area contributed by atoms with Gasteiger partial charge in [-0.2, -0.15) is 0 Å². The van der Waals surface area contributed by atoms with Crippen LogP contribution >= 0.6 is 0 Å². The van der Waals surface area contributed by atoms with Crippen molar-refractivity contribution in [3.05, 3.63) is 0 Å². The van der Waals surface area contributed by atoms with Crippen LogP contribution in [0.5, 0.6) is 0 Å². The Hall–Kier alpha value is -0.160. The fourth-order valence-corrected chi connectivity index (χ4v) is 2.69. The van der Waals surface area contributed by atoms with Gasteiger partial charge in [0.1, 0.15) is 0 Å². The van der Waals surface area contributed by atoms with Crippen LogP contribution in [0.15, 0.2) is 0 Å². The highest BCUT2D eigenvalue weighted by atomic mass is 15.4. The van der Waals surface area contributed by atoms with Crippen molar-refractivity contribution in [2.45, 2.75) is 90.9 Å². The van der Waals surface area contributed by atoms with Gasteiger partial charge in [-0.15, -0.1) is 0 Å². The van der Waals surface area contributed by atoms with E-state index in [9.17, 15) is 0 Å². The molecule has 0 fully saturated rings. The molecule has 0 aromatic carbocycles. The molecule has 0 saturated carbocycles. The Morgan fingerprint density at radius 2 is 0.727 bits per heavy atom. The highest BCUT2D eigenvalue weighted by Crippen LogP contribution is 2.04. The van der Waals surface area contributed by atoms with Gasteiger partial charge in [-0.3, -0.25) is 11.7 Å². The zero-order chi connectivity index (χ0) is 16.5. The second-order valence-electron chi connectivity index (χ2n) is 6.61. The smallest absolute Gasteiger partial charge is 0.0128 e. The van der Waals surface area contributed by atoms with E-state index in [1.165, 1.54) is 77.0 Å².